The molecule has 10 heteroatoms. The van der Waals surface area contributed by atoms with E-state index in [1.807, 2.05) is 30.3 Å². The van der Waals surface area contributed by atoms with Gasteiger partial charge in [-0.3, -0.25) is 4.79 Å². The van der Waals surface area contributed by atoms with Gasteiger partial charge in [-0.15, -0.1) is 5.10 Å². The molecule has 0 radical (unpaired) electrons. The molecule has 3 rings (SSSR count). The van der Waals surface area contributed by atoms with E-state index in [1.54, 1.807) is 31.5 Å². The van der Waals surface area contributed by atoms with Gasteiger partial charge in [-0.05, 0) is 17.7 Å². The summed E-state index contributed by atoms with van der Waals surface area (Å²) in [7, 11) is 3.09. The van der Waals surface area contributed by atoms with Crippen LogP contribution in [0.4, 0.5) is 11.6 Å². The molecular weight excluding hydrogens is 392 g/mol. The first-order valence-corrected chi connectivity index (χ1v) is 9.57. The van der Waals surface area contributed by atoms with Crippen molar-refractivity contribution in [3.05, 3.63) is 54.1 Å². The van der Waals surface area contributed by atoms with Crippen molar-refractivity contribution in [1.29, 1.82) is 0 Å². The normalized spacial score (nSPS) is 10.7. The average Bonchev–Trinajstić information content (AvgIpc) is 3.21. The van der Waals surface area contributed by atoms with Crippen LogP contribution >= 0.6 is 11.8 Å². The number of carbonyl (C=O) groups excluding carboxylic acids is 1. The number of nitrogens with one attached hydrogen (secondary N) is 3. The highest BCUT2D eigenvalue weighted by molar-refractivity contribution is 7.99. The van der Waals surface area contributed by atoms with Crippen LogP contribution in [0, 0.1) is 0 Å². The maximum absolute atomic E-state index is 12.3. The molecule has 29 heavy (non-hydrogen) atoms. The fourth-order valence-corrected chi connectivity index (χ4v) is 2.89. The van der Waals surface area contributed by atoms with Gasteiger partial charge in [0, 0.05) is 6.07 Å². The van der Waals surface area contributed by atoms with Crippen molar-refractivity contribution < 1.29 is 14.3 Å². The molecule has 0 aliphatic rings. The number of carbonyl (C=O) groups is 1. The average molecular weight is 412 g/mol. The van der Waals surface area contributed by atoms with Gasteiger partial charge >= 0.3 is 0 Å². The van der Waals surface area contributed by atoms with E-state index < -0.39 is 0 Å². The number of hydrogen-bond donors (Lipinski definition) is 3. The van der Waals surface area contributed by atoms with Crippen molar-refractivity contribution in [3.63, 3.8) is 0 Å². The molecule has 0 saturated heterocycles. The van der Waals surface area contributed by atoms with E-state index in [-0.39, 0.29) is 11.7 Å². The molecule has 3 N–H and O–H groups in total. The van der Waals surface area contributed by atoms with Crippen molar-refractivity contribution in [3.8, 4) is 11.5 Å². The van der Waals surface area contributed by atoms with E-state index in [2.05, 4.69) is 31.0 Å². The van der Waals surface area contributed by atoms with Gasteiger partial charge in [0.05, 0.1) is 31.9 Å². The van der Waals surface area contributed by atoms with Crippen molar-refractivity contribution in [2.24, 2.45) is 5.10 Å². The van der Waals surface area contributed by atoms with Crippen molar-refractivity contribution in [2.75, 3.05) is 30.7 Å². The van der Waals surface area contributed by atoms with Gasteiger partial charge in [0.25, 0.3) is 0 Å². The fraction of sp³-hybridized carbons (Fsp3) is 0.158. The number of nitrogens with zero attached hydrogens (tertiary/aromatic N) is 3. The molecule has 0 aliphatic heterocycles. The highest BCUT2D eigenvalue weighted by Gasteiger charge is 2.11. The summed E-state index contributed by atoms with van der Waals surface area (Å²) in [5.41, 5.74) is 4.25. The Morgan fingerprint density at radius 2 is 2.03 bits per heavy atom. The SMILES string of the molecule is COc1ccc(OC)c(NC(=O)CSc2n[nH]c(N/N=C\c3ccccc3)n2)c1. The van der Waals surface area contributed by atoms with Crippen LogP contribution in [0.25, 0.3) is 0 Å². The van der Waals surface area contributed by atoms with E-state index >= 15 is 0 Å². The Morgan fingerprint density at radius 1 is 1.21 bits per heavy atom. The summed E-state index contributed by atoms with van der Waals surface area (Å²) in [4.78, 5) is 16.5. The largest absolute Gasteiger partial charge is 0.497 e. The fourth-order valence-electron chi connectivity index (χ4n) is 2.30. The number of benzene rings is 2. The highest BCUT2D eigenvalue weighted by atomic mass is 32.2. The number of amides is 1. The lowest BCUT2D eigenvalue weighted by molar-refractivity contribution is -0.113. The molecule has 0 atom stereocenters. The van der Waals surface area contributed by atoms with Gasteiger partial charge in [-0.2, -0.15) is 10.1 Å². The Hall–Kier alpha value is -3.53. The van der Waals surface area contributed by atoms with Gasteiger partial charge in [0.2, 0.25) is 17.0 Å². The number of H-pyrrole nitrogens is 1. The van der Waals surface area contributed by atoms with Crippen LogP contribution in [-0.4, -0.2) is 47.3 Å². The summed E-state index contributed by atoms with van der Waals surface area (Å²) in [5.74, 6) is 1.46. The van der Waals surface area contributed by atoms with Gasteiger partial charge in [-0.25, -0.2) is 10.5 Å². The lowest BCUT2D eigenvalue weighted by Crippen LogP contribution is -2.15. The summed E-state index contributed by atoms with van der Waals surface area (Å²) in [6, 6.07) is 14.8. The van der Waals surface area contributed by atoms with Crippen LogP contribution in [0.2, 0.25) is 0 Å². The van der Waals surface area contributed by atoms with Crippen molar-refractivity contribution >= 4 is 35.5 Å². The first kappa shape index (κ1) is 20.2. The summed E-state index contributed by atoms with van der Waals surface area (Å²) in [5, 5.41) is 14.1. The third kappa shape index (κ3) is 5.98. The molecule has 150 valence electrons. The number of hydrazone groups is 1. The number of thioether (sulfide) groups is 1. The molecule has 0 aliphatic carbocycles. The first-order chi connectivity index (χ1) is 14.2. The molecular formula is C19H20N6O3S. The zero-order valence-corrected chi connectivity index (χ0v) is 16.7. The first-order valence-electron chi connectivity index (χ1n) is 8.59. The predicted molar refractivity (Wildman–Crippen MR) is 113 cm³/mol. The standard InChI is InChI=1S/C19H20N6O3S/c1-27-14-8-9-16(28-2)15(10-14)21-17(26)12-29-19-22-18(24-25-19)23-20-11-13-6-4-3-5-7-13/h3-11H,12H2,1-2H3,(H,21,26)(H2,22,23,24,25)/b20-11-. The van der Waals surface area contributed by atoms with Gasteiger partial charge in [-0.1, -0.05) is 42.1 Å². The minimum absolute atomic E-state index is 0.130. The number of rotatable bonds is 9. The van der Waals surface area contributed by atoms with Crippen LogP contribution in [0.3, 0.4) is 0 Å². The predicted octanol–water partition coefficient (Wildman–Crippen LogP) is 3.00. The third-order valence-corrected chi connectivity index (χ3v) is 4.51. The quantitative estimate of drug-likeness (QED) is 0.281. The second-order valence-electron chi connectivity index (χ2n) is 5.65. The van der Waals surface area contributed by atoms with E-state index in [4.69, 9.17) is 9.47 Å². The number of methoxy groups -OCH3 is 2. The summed E-state index contributed by atoms with van der Waals surface area (Å²) < 4.78 is 10.4. The van der Waals surface area contributed by atoms with E-state index in [0.717, 1.165) is 5.56 Å². The highest BCUT2D eigenvalue weighted by Crippen LogP contribution is 2.29. The zero-order valence-electron chi connectivity index (χ0n) is 15.9. The minimum atomic E-state index is -0.219. The van der Waals surface area contributed by atoms with Crippen LogP contribution < -0.4 is 20.2 Å². The Kier molecular flexibility index (Phi) is 7.06. The molecule has 1 aromatic heterocycles. The third-order valence-electron chi connectivity index (χ3n) is 3.66. The second-order valence-corrected chi connectivity index (χ2v) is 6.59. The maximum Gasteiger partial charge on any atom is 0.240 e. The van der Waals surface area contributed by atoms with E-state index in [0.29, 0.717) is 28.3 Å². The Labute approximate surface area is 171 Å². The Bertz CT molecular complexity index is 977. The number of anilines is 2. The van der Waals surface area contributed by atoms with Crippen molar-refractivity contribution in [2.45, 2.75) is 5.16 Å². The van der Waals surface area contributed by atoms with Crippen LogP contribution in [0.5, 0.6) is 11.5 Å². The molecule has 2 aromatic carbocycles. The van der Waals surface area contributed by atoms with Gasteiger partial charge in [0.1, 0.15) is 11.5 Å². The topological polar surface area (TPSA) is 114 Å². The number of aromatic nitrogens is 3. The lowest BCUT2D eigenvalue weighted by Gasteiger charge is -2.11. The van der Waals surface area contributed by atoms with E-state index in [1.165, 1.54) is 18.9 Å². The molecule has 3 aromatic rings. The minimum Gasteiger partial charge on any atom is -0.497 e. The van der Waals surface area contributed by atoms with Crippen LogP contribution in [0.1, 0.15) is 5.56 Å². The smallest absolute Gasteiger partial charge is 0.240 e. The molecule has 0 spiro atoms. The Morgan fingerprint density at radius 3 is 2.79 bits per heavy atom. The molecule has 9 nitrogen and oxygen atoms in total. The summed E-state index contributed by atoms with van der Waals surface area (Å²) >= 11 is 1.19. The Balaban J connectivity index is 1.50. The number of aromatic amines is 1. The van der Waals surface area contributed by atoms with Crippen LogP contribution in [-0.2, 0) is 4.79 Å². The van der Waals surface area contributed by atoms with Gasteiger partial charge < -0.3 is 14.8 Å². The maximum atomic E-state index is 12.3. The van der Waals surface area contributed by atoms with Crippen LogP contribution in [0.15, 0.2) is 58.8 Å². The van der Waals surface area contributed by atoms with Gasteiger partial charge in [0.15, 0.2) is 0 Å². The van der Waals surface area contributed by atoms with E-state index in [9.17, 15) is 4.79 Å². The monoisotopic (exact) mass is 412 g/mol. The number of hydrogen-bond acceptors (Lipinski definition) is 8. The zero-order chi connectivity index (χ0) is 20.5. The molecule has 1 amide bonds. The molecule has 1 heterocycles. The number of ether oxygens (including phenoxy) is 2. The second kappa shape index (κ2) is 10.1. The lowest BCUT2D eigenvalue weighted by atomic mass is 10.2. The molecule has 0 bridgehead atoms. The summed E-state index contributed by atoms with van der Waals surface area (Å²) in [6.45, 7) is 0. The summed E-state index contributed by atoms with van der Waals surface area (Å²) in [6.07, 6.45) is 1.67. The molecule has 0 saturated carbocycles. The molecule has 0 fully saturated rings. The molecule has 0 unspecified atom stereocenters. The van der Waals surface area contributed by atoms with Crippen molar-refractivity contribution in [1.82, 2.24) is 15.2 Å².